The first kappa shape index (κ1) is 28.5. The normalized spacial score (nSPS) is 11.2. The SMILES string of the molecule is CCc1cc(Oc2cc(C)cc(Oc3ccc(C(F)(F)F)cc3Oc3ccccc3C)c2)ccc1CCC(=O)O. The van der Waals surface area contributed by atoms with Crippen LogP contribution in [0.4, 0.5) is 13.2 Å². The van der Waals surface area contributed by atoms with Gasteiger partial charge in [0.25, 0.3) is 0 Å². The van der Waals surface area contributed by atoms with Gasteiger partial charge in [-0.2, -0.15) is 13.2 Å². The number of hydrogen-bond acceptors (Lipinski definition) is 4. The third kappa shape index (κ3) is 7.34. The fraction of sp³-hybridized carbons (Fsp3) is 0.219. The first-order valence-corrected chi connectivity index (χ1v) is 12.8. The number of alkyl halides is 3. The maximum absolute atomic E-state index is 13.5. The van der Waals surface area contributed by atoms with E-state index in [2.05, 4.69) is 0 Å². The number of aryl methyl sites for hydroxylation is 4. The molecule has 0 bridgehead atoms. The van der Waals surface area contributed by atoms with Crippen LogP contribution in [0, 0.1) is 13.8 Å². The highest BCUT2D eigenvalue weighted by Gasteiger charge is 2.32. The van der Waals surface area contributed by atoms with Crippen LogP contribution < -0.4 is 14.2 Å². The van der Waals surface area contributed by atoms with Gasteiger partial charge in [0, 0.05) is 12.5 Å². The minimum Gasteiger partial charge on any atom is -0.481 e. The molecular formula is C32H29F3O5. The number of halogens is 3. The molecule has 4 aromatic carbocycles. The smallest absolute Gasteiger partial charge is 0.416 e. The van der Waals surface area contributed by atoms with Crippen LogP contribution >= 0.6 is 0 Å². The highest BCUT2D eigenvalue weighted by molar-refractivity contribution is 5.67. The lowest BCUT2D eigenvalue weighted by atomic mass is 10.0. The molecule has 4 rings (SSSR count). The van der Waals surface area contributed by atoms with E-state index in [1.165, 1.54) is 6.07 Å². The molecule has 1 N–H and O–H groups in total. The van der Waals surface area contributed by atoms with Crippen LogP contribution in [0.1, 0.15) is 41.2 Å². The molecular weight excluding hydrogens is 521 g/mol. The molecule has 0 fully saturated rings. The minimum atomic E-state index is -4.55. The Hall–Kier alpha value is -4.46. The maximum Gasteiger partial charge on any atom is 0.416 e. The lowest BCUT2D eigenvalue weighted by Crippen LogP contribution is -2.05. The second-order valence-electron chi connectivity index (χ2n) is 9.39. The number of carboxylic acid groups (broad SMARTS) is 1. The Balaban J connectivity index is 1.61. The highest BCUT2D eigenvalue weighted by Crippen LogP contribution is 2.41. The van der Waals surface area contributed by atoms with Crippen molar-refractivity contribution in [3.63, 3.8) is 0 Å². The molecule has 8 heteroatoms. The van der Waals surface area contributed by atoms with Crippen molar-refractivity contribution in [2.75, 3.05) is 0 Å². The average molecular weight is 551 g/mol. The summed E-state index contributed by atoms with van der Waals surface area (Å²) in [5.74, 6) is 1.02. The van der Waals surface area contributed by atoms with Crippen LogP contribution in [0.15, 0.2) is 78.9 Å². The summed E-state index contributed by atoms with van der Waals surface area (Å²) in [7, 11) is 0. The molecule has 0 radical (unpaired) electrons. The second-order valence-corrected chi connectivity index (χ2v) is 9.39. The Morgan fingerprint density at radius 3 is 2.15 bits per heavy atom. The standard InChI is InChI=1S/C32H29F3O5/c1-4-22-17-25(12-9-23(22)10-14-31(36)37)38-26-15-20(2)16-27(19-26)39-29-13-11-24(32(33,34)35)18-30(29)40-28-8-6-5-7-21(28)3/h5-9,11-13,15-19H,4,10,14H2,1-3H3,(H,36,37). The van der Waals surface area contributed by atoms with E-state index in [-0.39, 0.29) is 17.9 Å². The van der Waals surface area contributed by atoms with Crippen LogP contribution in [0.3, 0.4) is 0 Å². The van der Waals surface area contributed by atoms with Crippen molar-refractivity contribution < 1.29 is 37.3 Å². The van der Waals surface area contributed by atoms with E-state index in [1.807, 2.05) is 38.1 Å². The minimum absolute atomic E-state index is 0.0469. The van der Waals surface area contributed by atoms with Crippen molar-refractivity contribution >= 4 is 5.97 Å². The van der Waals surface area contributed by atoms with Gasteiger partial charge in [0.1, 0.15) is 23.0 Å². The maximum atomic E-state index is 13.5. The summed E-state index contributed by atoms with van der Waals surface area (Å²) in [6.45, 7) is 5.64. The summed E-state index contributed by atoms with van der Waals surface area (Å²) in [5, 5.41) is 9.00. The Kier molecular flexibility index (Phi) is 8.67. The van der Waals surface area contributed by atoms with Crippen molar-refractivity contribution in [1.82, 2.24) is 0 Å². The van der Waals surface area contributed by atoms with Gasteiger partial charge in [0.05, 0.1) is 5.56 Å². The van der Waals surface area contributed by atoms with Crippen LogP contribution in [0.2, 0.25) is 0 Å². The van der Waals surface area contributed by atoms with Gasteiger partial charge in [0.2, 0.25) is 0 Å². The number of para-hydroxylation sites is 1. The number of hydrogen-bond donors (Lipinski definition) is 1. The van der Waals surface area contributed by atoms with Crippen molar-refractivity contribution in [1.29, 1.82) is 0 Å². The monoisotopic (exact) mass is 550 g/mol. The molecule has 0 unspecified atom stereocenters. The molecule has 208 valence electrons. The summed E-state index contributed by atoms with van der Waals surface area (Å²) in [4.78, 5) is 11.0. The predicted molar refractivity (Wildman–Crippen MR) is 146 cm³/mol. The lowest BCUT2D eigenvalue weighted by molar-refractivity contribution is -0.138. The molecule has 40 heavy (non-hydrogen) atoms. The third-order valence-electron chi connectivity index (χ3n) is 6.24. The van der Waals surface area contributed by atoms with Gasteiger partial charge in [-0.15, -0.1) is 0 Å². The number of benzene rings is 4. The van der Waals surface area contributed by atoms with Gasteiger partial charge in [-0.25, -0.2) is 0 Å². The van der Waals surface area contributed by atoms with Gasteiger partial charge in [-0.1, -0.05) is 31.2 Å². The molecule has 0 atom stereocenters. The average Bonchev–Trinajstić information content (AvgIpc) is 2.89. The van der Waals surface area contributed by atoms with E-state index < -0.39 is 17.7 Å². The quantitative estimate of drug-likeness (QED) is 0.213. The van der Waals surface area contributed by atoms with Crippen molar-refractivity contribution in [3.8, 4) is 34.5 Å². The molecule has 0 aliphatic heterocycles. The summed E-state index contributed by atoms with van der Waals surface area (Å²) in [5.41, 5.74) is 2.67. The molecule has 0 amide bonds. The molecule has 0 saturated carbocycles. The fourth-order valence-electron chi connectivity index (χ4n) is 4.21. The Morgan fingerprint density at radius 1 is 0.750 bits per heavy atom. The summed E-state index contributed by atoms with van der Waals surface area (Å²) >= 11 is 0. The van der Waals surface area contributed by atoms with Crippen molar-refractivity contribution in [2.45, 2.75) is 46.2 Å². The first-order valence-electron chi connectivity index (χ1n) is 12.8. The summed E-state index contributed by atoms with van der Waals surface area (Å²) < 4.78 is 58.4. The largest absolute Gasteiger partial charge is 0.481 e. The van der Waals surface area contributed by atoms with Crippen LogP contribution in [-0.4, -0.2) is 11.1 Å². The summed E-state index contributed by atoms with van der Waals surface area (Å²) in [6, 6.07) is 20.9. The molecule has 5 nitrogen and oxygen atoms in total. The van der Waals surface area contributed by atoms with Crippen molar-refractivity contribution in [3.05, 3.63) is 107 Å². The van der Waals surface area contributed by atoms with E-state index in [9.17, 15) is 18.0 Å². The topological polar surface area (TPSA) is 65.0 Å². The molecule has 0 aromatic heterocycles. The van der Waals surface area contributed by atoms with Crippen molar-refractivity contribution in [2.24, 2.45) is 0 Å². The van der Waals surface area contributed by atoms with Crippen LogP contribution in [0.25, 0.3) is 0 Å². The summed E-state index contributed by atoms with van der Waals surface area (Å²) in [6.07, 6.45) is -3.36. The van der Waals surface area contributed by atoms with Crippen LogP contribution in [0.5, 0.6) is 34.5 Å². The number of carbonyl (C=O) groups is 1. The molecule has 0 heterocycles. The Labute approximate surface area is 230 Å². The fourth-order valence-corrected chi connectivity index (χ4v) is 4.21. The lowest BCUT2D eigenvalue weighted by Gasteiger charge is -2.17. The predicted octanol–water partition coefficient (Wildman–Crippen LogP) is 9.28. The molecule has 0 aliphatic carbocycles. The van der Waals surface area contributed by atoms with Gasteiger partial charge < -0.3 is 19.3 Å². The second kappa shape index (κ2) is 12.2. The molecule has 4 aromatic rings. The zero-order valence-corrected chi connectivity index (χ0v) is 22.3. The molecule has 0 aliphatic rings. The van der Waals surface area contributed by atoms with E-state index in [4.69, 9.17) is 19.3 Å². The number of carboxylic acids is 1. The number of rotatable bonds is 10. The van der Waals surface area contributed by atoms with E-state index >= 15 is 0 Å². The van der Waals surface area contributed by atoms with Gasteiger partial charge in [-0.3, -0.25) is 4.79 Å². The van der Waals surface area contributed by atoms with E-state index in [0.717, 1.165) is 34.4 Å². The highest BCUT2D eigenvalue weighted by atomic mass is 19.4. The van der Waals surface area contributed by atoms with E-state index in [1.54, 1.807) is 43.3 Å². The molecule has 0 saturated heterocycles. The van der Waals surface area contributed by atoms with Crippen LogP contribution in [-0.2, 0) is 23.8 Å². The zero-order chi connectivity index (χ0) is 28.9. The molecule has 0 spiro atoms. The Bertz CT molecular complexity index is 1510. The zero-order valence-electron chi connectivity index (χ0n) is 22.3. The van der Waals surface area contributed by atoms with Gasteiger partial charge in [-0.05, 0) is 97.5 Å². The van der Waals surface area contributed by atoms with Gasteiger partial charge >= 0.3 is 12.1 Å². The first-order chi connectivity index (χ1) is 19.0. The third-order valence-corrected chi connectivity index (χ3v) is 6.24. The van der Waals surface area contributed by atoms with Gasteiger partial charge in [0.15, 0.2) is 11.5 Å². The number of ether oxygens (including phenoxy) is 3. The Morgan fingerprint density at radius 2 is 1.48 bits per heavy atom. The van der Waals surface area contributed by atoms with E-state index in [0.29, 0.717) is 35.8 Å². The number of aliphatic carboxylic acids is 1.